The molecule has 0 fully saturated rings. The van der Waals surface area contributed by atoms with E-state index in [1.165, 1.54) is 0 Å². The lowest BCUT2D eigenvalue weighted by Crippen LogP contribution is -2.18. The molecule has 78 valence electrons. The first-order chi connectivity index (χ1) is 5.95. The van der Waals surface area contributed by atoms with Crippen molar-refractivity contribution in [1.29, 1.82) is 0 Å². The maximum absolute atomic E-state index is 11.2. The maximum Gasteiger partial charge on any atom is 0.132 e. The van der Waals surface area contributed by atoms with Gasteiger partial charge in [-0.2, -0.15) is 0 Å². The van der Waals surface area contributed by atoms with Gasteiger partial charge in [0.2, 0.25) is 0 Å². The van der Waals surface area contributed by atoms with Gasteiger partial charge >= 0.3 is 0 Å². The molecular formula is C11H22O2. The second-order valence-corrected chi connectivity index (χ2v) is 4.31. The fraction of sp³-hybridized carbons (Fsp3) is 0.909. The number of ketones is 1. The molecule has 1 N–H and O–H groups in total. The van der Waals surface area contributed by atoms with Crippen molar-refractivity contribution in [2.24, 2.45) is 0 Å². The van der Waals surface area contributed by atoms with Gasteiger partial charge in [-0.05, 0) is 33.1 Å². The number of carbonyl (C=O) groups is 1. The Labute approximate surface area is 81.3 Å². The number of hydrogen-bond donors (Lipinski definition) is 1. The smallest absolute Gasteiger partial charge is 0.132 e. The van der Waals surface area contributed by atoms with E-state index in [0.29, 0.717) is 25.0 Å². The minimum absolute atomic E-state index is 0.339. The van der Waals surface area contributed by atoms with Crippen LogP contribution < -0.4 is 0 Å². The van der Waals surface area contributed by atoms with Crippen LogP contribution in [0.4, 0.5) is 0 Å². The van der Waals surface area contributed by atoms with Gasteiger partial charge in [0, 0.05) is 12.8 Å². The molecule has 0 aliphatic carbocycles. The van der Waals surface area contributed by atoms with Crippen molar-refractivity contribution in [3.63, 3.8) is 0 Å². The van der Waals surface area contributed by atoms with Gasteiger partial charge in [0.05, 0.1) is 5.60 Å². The van der Waals surface area contributed by atoms with Crippen LogP contribution in [0.25, 0.3) is 0 Å². The van der Waals surface area contributed by atoms with E-state index in [4.69, 9.17) is 0 Å². The predicted molar refractivity (Wildman–Crippen MR) is 54.7 cm³/mol. The van der Waals surface area contributed by atoms with Crippen LogP contribution in [0.1, 0.15) is 59.3 Å². The Hall–Kier alpha value is -0.370. The molecule has 0 unspecified atom stereocenters. The van der Waals surface area contributed by atoms with Crippen molar-refractivity contribution in [2.45, 2.75) is 64.9 Å². The molecule has 0 aromatic rings. The Morgan fingerprint density at radius 1 is 1.23 bits per heavy atom. The van der Waals surface area contributed by atoms with Crippen molar-refractivity contribution in [1.82, 2.24) is 0 Å². The van der Waals surface area contributed by atoms with E-state index in [9.17, 15) is 9.90 Å². The summed E-state index contributed by atoms with van der Waals surface area (Å²) in [6, 6.07) is 0. The third-order valence-corrected chi connectivity index (χ3v) is 2.05. The first kappa shape index (κ1) is 12.6. The van der Waals surface area contributed by atoms with Crippen LogP contribution in [0.15, 0.2) is 0 Å². The van der Waals surface area contributed by atoms with Crippen LogP contribution in [0.2, 0.25) is 0 Å². The van der Waals surface area contributed by atoms with Gasteiger partial charge in [0.1, 0.15) is 5.78 Å². The number of unbranched alkanes of at least 4 members (excludes halogenated alkanes) is 1. The van der Waals surface area contributed by atoms with E-state index in [2.05, 4.69) is 6.92 Å². The molecule has 2 heteroatoms. The number of rotatable bonds is 7. The summed E-state index contributed by atoms with van der Waals surface area (Å²) in [7, 11) is 0. The molecule has 0 spiro atoms. The summed E-state index contributed by atoms with van der Waals surface area (Å²) in [6.07, 6.45) is 4.95. The number of Topliss-reactive ketones (excluding diaryl/α,β-unsaturated/α-hetero) is 1. The summed E-state index contributed by atoms with van der Waals surface area (Å²) < 4.78 is 0. The molecular weight excluding hydrogens is 164 g/mol. The highest BCUT2D eigenvalue weighted by Crippen LogP contribution is 2.13. The quantitative estimate of drug-likeness (QED) is 0.663. The largest absolute Gasteiger partial charge is 0.390 e. The minimum atomic E-state index is -0.620. The van der Waals surface area contributed by atoms with Crippen molar-refractivity contribution in [3.8, 4) is 0 Å². The third kappa shape index (κ3) is 9.54. The summed E-state index contributed by atoms with van der Waals surface area (Å²) >= 11 is 0. The molecule has 0 aromatic heterocycles. The second-order valence-electron chi connectivity index (χ2n) is 4.31. The van der Waals surface area contributed by atoms with Crippen LogP contribution in [-0.4, -0.2) is 16.5 Å². The zero-order chi connectivity index (χ0) is 10.3. The zero-order valence-electron chi connectivity index (χ0n) is 9.10. The van der Waals surface area contributed by atoms with Crippen LogP contribution in [0, 0.1) is 0 Å². The lowest BCUT2D eigenvalue weighted by Gasteiger charge is -2.15. The average molecular weight is 186 g/mol. The number of carbonyl (C=O) groups excluding carboxylic acids is 1. The summed E-state index contributed by atoms with van der Waals surface area (Å²) in [4.78, 5) is 11.2. The Bertz CT molecular complexity index is 145. The fourth-order valence-electron chi connectivity index (χ4n) is 1.22. The Balaban J connectivity index is 3.37. The third-order valence-electron chi connectivity index (χ3n) is 2.05. The van der Waals surface area contributed by atoms with Crippen LogP contribution in [0.3, 0.4) is 0 Å². The van der Waals surface area contributed by atoms with Crippen LogP contribution in [0.5, 0.6) is 0 Å². The zero-order valence-corrected chi connectivity index (χ0v) is 9.10. The van der Waals surface area contributed by atoms with Crippen molar-refractivity contribution < 1.29 is 9.90 Å². The van der Waals surface area contributed by atoms with E-state index >= 15 is 0 Å². The Morgan fingerprint density at radius 2 is 1.77 bits per heavy atom. The molecule has 0 atom stereocenters. The lowest BCUT2D eigenvalue weighted by molar-refractivity contribution is -0.119. The minimum Gasteiger partial charge on any atom is -0.390 e. The van der Waals surface area contributed by atoms with Gasteiger partial charge < -0.3 is 5.11 Å². The average Bonchev–Trinajstić information content (AvgIpc) is 1.98. The Kier molecular flexibility index (Phi) is 5.97. The van der Waals surface area contributed by atoms with E-state index in [1.54, 1.807) is 13.8 Å². The monoisotopic (exact) mass is 186 g/mol. The topological polar surface area (TPSA) is 37.3 Å². The van der Waals surface area contributed by atoms with Gasteiger partial charge in [-0.25, -0.2) is 0 Å². The molecule has 0 aliphatic rings. The van der Waals surface area contributed by atoms with Crippen molar-refractivity contribution >= 4 is 5.78 Å². The Morgan fingerprint density at radius 3 is 2.23 bits per heavy atom. The summed E-state index contributed by atoms with van der Waals surface area (Å²) in [5.74, 6) is 0.339. The number of aliphatic hydroxyl groups is 1. The standard InChI is InChI=1S/C11H22O2/c1-4-5-7-10(12)8-6-9-11(2,3)13/h13H,4-9H2,1-3H3. The highest BCUT2D eigenvalue weighted by atomic mass is 16.3. The highest BCUT2D eigenvalue weighted by molar-refractivity contribution is 5.78. The van der Waals surface area contributed by atoms with Gasteiger partial charge in [-0.15, -0.1) is 0 Å². The molecule has 0 rings (SSSR count). The number of hydrogen-bond acceptors (Lipinski definition) is 2. The molecule has 0 amide bonds. The molecule has 0 saturated heterocycles. The SMILES string of the molecule is CCCCC(=O)CCCC(C)(C)O. The fourth-order valence-corrected chi connectivity index (χ4v) is 1.22. The van der Waals surface area contributed by atoms with Gasteiger partial charge in [0.25, 0.3) is 0 Å². The lowest BCUT2D eigenvalue weighted by atomic mass is 9.99. The summed E-state index contributed by atoms with van der Waals surface area (Å²) in [5, 5.41) is 9.40. The molecule has 0 radical (unpaired) electrons. The molecule has 0 bridgehead atoms. The van der Waals surface area contributed by atoms with Crippen molar-refractivity contribution in [2.75, 3.05) is 0 Å². The normalized spacial score (nSPS) is 11.7. The summed E-state index contributed by atoms with van der Waals surface area (Å²) in [6.45, 7) is 5.65. The van der Waals surface area contributed by atoms with Crippen molar-refractivity contribution in [3.05, 3.63) is 0 Å². The molecule has 0 heterocycles. The second kappa shape index (κ2) is 6.14. The molecule has 0 aliphatic heterocycles. The van der Waals surface area contributed by atoms with Crippen LogP contribution in [-0.2, 0) is 4.79 Å². The van der Waals surface area contributed by atoms with E-state index < -0.39 is 5.60 Å². The van der Waals surface area contributed by atoms with E-state index in [1.807, 2.05) is 0 Å². The summed E-state index contributed by atoms with van der Waals surface area (Å²) in [5.41, 5.74) is -0.620. The molecule has 0 aromatic carbocycles. The first-order valence-electron chi connectivity index (χ1n) is 5.20. The predicted octanol–water partition coefficient (Wildman–Crippen LogP) is 2.69. The molecule has 2 nitrogen and oxygen atoms in total. The van der Waals surface area contributed by atoms with Gasteiger partial charge in [0.15, 0.2) is 0 Å². The highest BCUT2D eigenvalue weighted by Gasteiger charge is 2.12. The van der Waals surface area contributed by atoms with E-state index in [0.717, 1.165) is 19.3 Å². The van der Waals surface area contributed by atoms with Gasteiger partial charge in [-0.3, -0.25) is 4.79 Å². The molecule has 13 heavy (non-hydrogen) atoms. The van der Waals surface area contributed by atoms with E-state index in [-0.39, 0.29) is 0 Å². The van der Waals surface area contributed by atoms with Crippen LogP contribution >= 0.6 is 0 Å². The first-order valence-corrected chi connectivity index (χ1v) is 5.20. The maximum atomic E-state index is 11.2. The molecule has 0 saturated carbocycles. The van der Waals surface area contributed by atoms with Gasteiger partial charge in [-0.1, -0.05) is 13.3 Å².